The van der Waals surface area contributed by atoms with E-state index in [0.29, 0.717) is 11.7 Å². The first-order valence-corrected chi connectivity index (χ1v) is 9.09. The van der Waals surface area contributed by atoms with E-state index in [0.717, 1.165) is 37.8 Å². The fourth-order valence-corrected chi connectivity index (χ4v) is 3.32. The third-order valence-electron chi connectivity index (χ3n) is 4.76. The van der Waals surface area contributed by atoms with Crippen molar-refractivity contribution in [3.8, 4) is 11.5 Å². The summed E-state index contributed by atoms with van der Waals surface area (Å²) in [4.78, 5) is 30.8. The van der Waals surface area contributed by atoms with E-state index in [2.05, 4.69) is 11.9 Å². The molecule has 0 N–H and O–H groups in total. The van der Waals surface area contributed by atoms with Crippen LogP contribution in [-0.2, 0) is 9.53 Å². The quantitative estimate of drug-likeness (QED) is 0.766. The van der Waals surface area contributed by atoms with Crippen molar-refractivity contribution in [1.29, 1.82) is 0 Å². The van der Waals surface area contributed by atoms with Gasteiger partial charge in [0.2, 0.25) is 5.89 Å². The van der Waals surface area contributed by atoms with Crippen LogP contribution in [0.15, 0.2) is 34.7 Å². The van der Waals surface area contributed by atoms with Crippen molar-refractivity contribution in [3.05, 3.63) is 41.8 Å². The number of ether oxygens (including phenoxy) is 1. The zero-order chi connectivity index (χ0) is 18.5. The zero-order valence-corrected chi connectivity index (χ0v) is 15.2. The summed E-state index contributed by atoms with van der Waals surface area (Å²) in [7, 11) is 0. The lowest BCUT2D eigenvalue weighted by Crippen LogP contribution is -2.45. The largest absolute Gasteiger partial charge is 0.451 e. The number of likely N-dealkylation sites (tertiary alicyclic amines) is 1. The molecular weight excluding hydrogens is 332 g/mol. The molecule has 6 nitrogen and oxygen atoms in total. The van der Waals surface area contributed by atoms with Gasteiger partial charge in [-0.3, -0.25) is 4.79 Å². The van der Waals surface area contributed by atoms with Gasteiger partial charge < -0.3 is 14.1 Å². The molecule has 1 aromatic heterocycles. The molecule has 1 fully saturated rings. The maximum absolute atomic E-state index is 12.4. The van der Waals surface area contributed by atoms with E-state index in [4.69, 9.17) is 9.15 Å². The molecule has 0 bridgehead atoms. The van der Waals surface area contributed by atoms with Gasteiger partial charge in [0.05, 0.1) is 0 Å². The van der Waals surface area contributed by atoms with Crippen molar-refractivity contribution < 1.29 is 18.7 Å². The highest BCUT2D eigenvalue weighted by atomic mass is 16.5. The molecule has 0 aliphatic carbocycles. The Hall–Kier alpha value is -2.63. The van der Waals surface area contributed by atoms with Crippen LogP contribution in [0.25, 0.3) is 11.5 Å². The number of carbonyl (C=O) groups excluding carboxylic acids is 2. The van der Waals surface area contributed by atoms with E-state index >= 15 is 0 Å². The molecule has 0 radical (unpaired) electrons. The second-order valence-corrected chi connectivity index (χ2v) is 6.51. The Balaban J connectivity index is 1.63. The second kappa shape index (κ2) is 8.17. The summed E-state index contributed by atoms with van der Waals surface area (Å²) >= 11 is 0. The summed E-state index contributed by atoms with van der Waals surface area (Å²) in [6, 6.07) is 9.58. The fraction of sp³-hybridized carbons (Fsp3) is 0.450. The molecular formula is C20H24N2O4. The van der Waals surface area contributed by atoms with Gasteiger partial charge in [-0.1, -0.05) is 25.1 Å². The van der Waals surface area contributed by atoms with Crippen LogP contribution in [0.2, 0.25) is 0 Å². The number of hydrogen-bond donors (Lipinski definition) is 0. The van der Waals surface area contributed by atoms with Gasteiger partial charge in [-0.25, -0.2) is 9.78 Å². The molecule has 0 unspecified atom stereocenters. The molecule has 3 rings (SSSR count). The minimum Gasteiger partial charge on any atom is -0.451 e. The first-order chi connectivity index (χ1) is 12.6. The Bertz CT molecular complexity index is 769. The van der Waals surface area contributed by atoms with Gasteiger partial charge in [0.25, 0.3) is 5.91 Å². The highest BCUT2D eigenvalue weighted by molar-refractivity contribution is 5.91. The van der Waals surface area contributed by atoms with Gasteiger partial charge >= 0.3 is 5.97 Å². The highest BCUT2D eigenvalue weighted by Crippen LogP contribution is 2.22. The van der Waals surface area contributed by atoms with Crippen LogP contribution in [-0.4, -0.2) is 41.0 Å². The van der Waals surface area contributed by atoms with Crippen molar-refractivity contribution in [2.75, 3.05) is 13.2 Å². The topological polar surface area (TPSA) is 72.6 Å². The van der Waals surface area contributed by atoms with Gasteiger partial charge in [-0.15, -0.1) is 0 Å². The summed E-state index contributed by atoms with van der Waals surface area (Å²) in [5, 5.41) is 0. The van der Waals surface area contributed by atoms with Crippen LogP contribution >= 0.6 is 0 Å². The Kier molecular flexibility index (Phi) is 5.71. The van der Waals surface area contributed by atoms with Crippen LogP contribution in [0.5, 0.6) is 0 Å². The third-order valence-corrected chi connectivity index (χ3v) is 4.76. The first-order valence-electron chi connectivity index (χ1n) is 9.09. The molecule has 0 spiro atoms. The molecule has 6 heteroatoms. The smallest absolute Gasteiger partial charge is 0.361 e. The molecule has 1 aliphatic heterocycles. The number of carbonyl (C=O) groups is 2. The number of esters is 1. The Morgan fingerprint density at radius 1 is 1.27 bits per heavy atom. The lowest BCUT2D eigenvalue weighted by atomic mass is 10.00. The molecule has 1 amide bonds. The monoisotopic (exact) mass is 356 g/mol. The van der Waals surface area contributed by atoms with E-state index in [1.807, 2.05) is 35.2 Å². The van der Waals surface area contributed by atoms with Gasteiger partial charge in [0.15, 0.2) is 12.3 Å². The number of amides is 1. The highest BCUT2D eigenvalue weighted by Gasteiger charge is 2.27. The van der Waals surface area contributed by atoms with E-state index in [-0.39, 0.29) is 24.2 Å². The van der Waals surface area contributed by atoms with E-state index in [1.54, 1.807) is 6.92 Å². The number of piperidine rings is 1. The standard InChI is InChI=1S/C20H24N2O4/c1-3-16-11-7-8-12-22(16)17(23)13-25-20(24)18-14(2)26-19(21-18)15-9-5-4-6-10-15/h4-6,9-10,16H,3,7-8,11-13H2,1-2H3/t16-/m1/s1. The van der Waals surface area contributed by atoms with E-state index in [9.17, 15) is 9.59 Å². The Morgan fingerprint density at radius 2 is 2.04 bits per heavy atom. The predicted octanol–water partition coefficient (Wildman–Crippen LogP) is 3.60. The number of nitrogens with zero attached hydrogens (tertiary/aromatic N) is 2. The van der Waals surface area contributed by atoms with Crippen molar-refractivity contribution in [1.82, 2.24) is 9.88 Å². The average Bonchev–Trinajstić information content (AvgIpc) is 3.08. The molecule has 2 aromatic rings. The van der Waals surface area contributed by atoms with Crippen molar-refractivity contribution in [2.45, 2.75) is 45.6 Å². The van der Waals surface area contributed by atoms with Gasteiger partial charge in [-0.05, 0) is 44.7 Å². The lowest BCUT2D eigenvalue weighted by molar-refractivity contribution is -0.138. The van der Waals surface area contributed by atoms with Crippen molar-refractivity contribution >= 4 is 11.9 Å². The minimum absolute atomic E-state index is 0.113. The van der Waals surface area contributed by atoms with Crippen molar-refractivity contribution in [2.24, 2.45) is 0 Å². The predicted molar refractivity (Wildman–Crippen MR) is 96.6 cm³/mol. The maximum Gasteiger partial charge on any atom is 0.361 e. The summed E-state index contributed by atoms with van der Waals surface area (Å²) in [5.41, 5.74) is 0.896. The minimum atomic E-state index is -0.633. The van der Waals surface area contributed by atoms with Crippen LogP contribution in [0.3, 0.4) is 0 Å². The summed E-state index contributed by atoms with van der Waals surface area (Å²) in [6.45, 7) is 4.21. The lowest BCUT2D eigenvalue weighted by Gasteiger charge is -2.35. The molecule has 138 valence electrons. The number of oxazole rings is 1. The van der Waals surface area contributed by atoms with Crippen molar-refractivity contribution in [3.63, 3.8) is 0 Å². The fourth-order valence-electron chi connectivity index (χ4n) is 3.32. The number of rotatable bonds is 5. The van der Waals surface area contributed by atoms with Crippen LogP contribution in [0.1, 0.15) is 48.9 Å². The first kappa shape index (κ1) is 18.2. The maximum atomic E-state index is 12.4. The van der Waals surface area contributed by atoms with Gasteiger partial charge in [-0.2, -0.15) is 0 Å². The van der Waals surface area contributed by atoms with Crippen LogP contribution in [0.4, 0.5) is 0 Å². The zero-order valence-electron chi connectivity index (χ0n) is 15.2. The molecule has 2 heterocycles. The van der Waals surface area contributed by atoms with E-state index in [1.165, 1.54) is 0 Å². The summed E-state index contributed by atoms with van der Waals surface area (Å²) in [5.74, 6) is -0.0321. The second-order valence-electron chi connectivity index (χ2n) is 6.51. The SMILES string of the molecule is CC[C@@H]1CCCCN1C(=O)COC(=O)c1nc(-c2ccccc2)oc1C. The van der Waals surface area contributed by atoms with E-state index < -0.39 is 5.97 Å². The third kappa shape index (κ3) is 3.95. The molecule has 1 atom stereocenters. The number of hydrogen-bond acceptors (Lipinski definition) is 5. The summed E-state index contributed by atoms with van der Waals surface area (Å²) < 4.78 is 10.8. The molecule has 0 saturated carbocycles. The average molecular weight is 356 g/mol. The molecule has 1 aliphatic rings. The van der Waals surface area contributed by atoms with Crippen LogP contribution in [0, 0.1) is 6.92 Å². The number of aryl methyl sites for hydroxylation is 1. The Labute approximate surface area is 153 Å². The molecule has 1 aromatic carbocycles. The number of benzene rings is 1. The van der Waals surface area contributed by atoms with Gasteiger partial charge in [0.1, 0.15) is 5.76 Å². The van der Waals surface area contributed by atoms with Crippen LogP contribution < -0.4 is 0 Å². The number of aromatic nitrogens is 1. The van der Waals surface area contributed by atoms with Gasteiger partial charge in [0, 0.05) is 18.2 Å². The molecule has 26 heavy (non-hydrogen) atoms. The Morgan fingerprint density at radius 3 is 2.77 bits per heavy atom. The summed E-state index contributed by atoms with van der Waals surface area (Å²) in [6.07, 6.45) is 4.07. The molecule has 1 saturated heterocycles. The normalized spacial score (nSPS) is 17.2.